The summed E-state index contributed by atoms with van der Waals surface area (Å²) in [5, 5.41) is 0. The maximum absolute atomic E-state index is 13.4. The number of carbonyl (C=O) groups is 3. The van der Waals surface area contributed by atoms with Crippen molar-refractivity contribution in [1.29, 1.82) is 0 Å². The minimum Gasteiger partial charge on any atom is -0.383 e. The van der Waals surface area contributed by atoms with Crippen molar-refractivity contribution in [3.05, 3.63) is 20.8 Å². The number of ether oxygens (including phenoxy) is 1. The zero-order chi connectivity index (χ0) is 25.2. The SMILES string of the molecule is COCCN(C(=O)CN1C(=O)N(C)C2(CCCCC2)C1=O)c1c(N)n(CC(C)C)c(=O)[nH]c1=O. The van der Waals surface area contributed by atoms with Crippen molar-refractivity contribution in [2.45, 2.75) is 58.0 Å². The third-order valence-corrected chi connectivity index (χ3v) is 6.63. The number of amides is 4. The van der Waals surface area contributed by atoms with Crippen LogP contribution < -0.4 is 21.9 Å². The van der Waals surface area contributed by atoms with Crippen molar-refractivity contribution in [2.75, 3.05) is 44.5 Å². The van der Waals surface area contributed by atoms with Crippen LogP contribution in [-0.4, -0.2) is 76.6 Å². The van der Waals surface area contributed by atoms with Gasteiger partial charge in [0.15, 0.2) is 5.69 Å². The molecule has 1 saturated heterocycles. The molecular formula is C22H34N6O6. The highest BCUT2D eigenvalue weighted by molar-refractivity contribution is 6.10. The summed E-state index contributed by atoms with van der Waals surface area (Å²) < 4.78 is 6.29. The van der Waals surface area contributed by atoms with Gasteiger partial charge in [-0.2, -0.15) is 0 Å². The van der Waals surface area contributed by atoms with E-state index in [-0.39, 0.29) is 37.1 Å². The molecule has 0 unspecified atom stereocenters. The Morgan fingerprint density at radius 1 is 1.18 bits per heavy atom. The molecule has 12 nitrogen and oxygen atoms in total. The fourth-order valence-electron chi connectivity index (χ4n) is 4.82. The summed E-state index contributed by atoms with van der Waals surface area (Å²) in [5.41, 5.74) is 3.56. The van der Waals surface area contributed by atoms with E-state index in [1.165, 1.54) is 16.6 Å². The normalized spacial score (nSPS) is 17.8. The second kappa shape index (κ2) is 10.00. The van der Waals surface area contributed by atoms with Crippen LogP contribution in [0.15, 0.2) is 9.59 Å². The number of aromatic amines is 1. The topological polar surface area (TPSA) is 151 Å². The molecule has 1 aromatic rings. The molecule has 2 fully saturated rings. The van der Waals surface area contributed by atoms with E-state index in [2.05, 4.69) is 4.98 Å². The van der Waals surface area contributed by atoms with Gasteiger partial charge >= 0.3 is 11.7 Å². The third kappa shape index (κ3) is 4.46. The lowest BCUT2D eigenvalue weighted by Crippen LogP contribution is -2.50. The molecule has 3 N–H and O–H groups in total. The van der Waals surface area contributed by atoms with E-state index >= 15 is 0 Å². The smallest absolute Gasteiger partial charge is 0.330 e. The van der Waals surface area contributed by atoms with Crippen molar-refractivity contribution in [2.24, 2.45) is 5.92 Å². The van der Waals surface area contributed by atoms with E-state index in [1.54, 1.807) is 7.05 Å². The van der Waals surface area contributed by atoms with Crippen LogP contribution in [-0.2, 0) is 20.9 Å². The van der Waals surface area contributed by atoms with Crippen molar-refractivity contribution in [3.63, 3.8) is 0 Å². The van der Waals surface area contributed by atoms with Gasteiger partial charge in [0.05, 0.1) is 6.61 Å². The van der Waals surface area contributed by atoms with Crippen molar-refractivity contribution in [1.82, 2.24) is 19.4 Å². The summed E-state index contributed by atoms with van der Waals surface area (Å²) in [4.78, 5) is 70.4. The molecular weight excluding hydrogens is 444 g/mol. The van der Waals surface area contributed by atoms with E-state index in [4.69, 9.17) is 10.5 Å². The van der Waals surface area contributed by atoms with Gasteiger partial charge in [0, 0.05) is 27.2 Å². The van der Waals surface area contributed by atoms with Crippen LogP contribution in [0.5, 0.6) is 0 Å². The standard InChI is InChI=1S/C22H34N6O6/c1-14(2)12-27-17(23)16(18(30)24-20(27)32)26(10-11-34-4)15(29)13-28-19(31)22(25(3)21(28)33)8-6-5-7-9-22/h14H,5-13,23H2,1-4H3,(H,24,30,32). The van der Waals surface area contributed by atoms with Gasteiger partial charge < -0.3 is 20.3 Å². The van der Waals surface area contributed by atoms with E-state index < -0.39 is 41.2 Å². The Hall–Kier alpha value is -3.15. The van der Waals surface area contributed by atoms with Crippen molar-refractivity contribution < 1.29 is 19.1 Å². The number of hydrogen-bond donors (Lipinski definition) is 2. The van der Waals surface area contributed by atoms with Crippen LogP contribution in [0, 0.1) is 5.92 Å². The number of methoxy groups -OCH3 is 1. The molecule has 3 rings (SSSR count). The Morgan fingerprint density at radius 2 is 1.82 bits per heavy atom. The summed E-state index contributed by atoms with van der Waals surface area (Å²) in [5.74, 6) is -1.19. The lowest BCUT2D eigenvalue weighted by molar-refractivity contribution is -0.136. The predicted molar refractivity (Wildman–Crippen MR) is 125 cm³/mol. The number of aromatic nitrogens is 2. The first-order chi connectivity index (χ1) is 16.0. The molecule has 1 aromatic heterocycles. The highest BCUT2D eigenvalue weighted by Crippen LogP contribution is 2.39. The van der Waals surface area contributed by atoms with Gasteiger partial charge in [-0.05, 0) is 18.8 Å². The number of nitrogens with two attached hydrogens (primary N) is 1. The molecule has 1 aliphatic heterocycles. The molecule has 12 heteroatoms. The van der Waals surface area contributed by atoms with Crippen LogP contribution in [0.2, 0.25) is 0 Å². The van der Waals surface area contributed by atoms with Crippen LogP contribution in [0.4, 0.5) is 16.3 Å². The first-order valence-corrected chi connectivity index (χ1v) is 11.6. The second-order valence-corrected chi connectivity index (χ2v) is 9.36. The van der Waals surface area contributed by atoms with Crippen molar-refractivity contribution >= 4 is 29.4 Å². The van der Waals surface area contributed by atoms with Gasteiger partial charge in [-0.15, -0.1) is 0 Å². The molecule has 34 heavy (non-hydrogen) atoms. The maximum atomic E-state index is 13.4. The van der Waals surface area contributed by atoms with Crippen LogP contribution in [0.25, 0.3) is 0 Å². The summed E-state index contributed by atoms with van der Waals surface area (Å²) in [7, 11) is 3.02. The highest BCUT2D eigenvalue weighted by Gasteiger charge is 2.56. The number of likely N-dealkylation sites (N-methyl/N-ethyl adjacent to an activating group) is 1. The molecule has 1 saturated carbocycles. The number of urea groups is 1. The fraction of sp³-hybridized carbons (Fsp3) is 0.682. The van der Waals surface area contributed by atoms with Gasteiger partial charge in [-0.1, -0.05) is 33.1 Å². The highest BCUT2D eigenvalue weighted by atomic mass is 16.5. The monoisotopic (exact) mass is 478 g/mol. The van der Waals surface area contributed by atoms with Gasteiger partial charge in [0.2, 0.25) is 5.91 Å². The average Bonchev–Trinajstić information content (AvgIpc) is 2.95. The lowest BCUT2D eigenvalue weighted by atomic mass is 9.81. The molecule has 0 atom stereocenters. The van der Waals surface area contributed by atoms with Gasteiger partial charge in [-0.25, -0.2) is 9.59 Å². The van der Waals surface area contributed by atoms with Crippen LogP contribution in [0.1, 0.15) is 46.0 Å². The Labute approximate surface area is 197 Å². The number of anilines is 2. The molecule has 2 heterocycles. The van der Waals surface area contributed by atoms with Crippen molar-refractivity contribution in [3.8, 4) is 0 Å². The minimum absolute atomic E-state index is 0.0453. The predicted octanol–water partition coefficient (Wildman–Crippen LogP) is 0.351. The maximum Gasteiger partial charge on any atom is 0.330 e. The zero-order valence-corrected chi connectivity index (χ0v) is 20.3. The lowest BCUT2D eigenvalue weighted by Gasteiger charge is -2.35. The Bertz CT molecular complexity index is 1070. The van der Waals surface area contributed by atoms with Crippen LogP contribution >= 0.6 is 0 Å². The van der Waals surface area contributed by atoms with Gasteiger partial charge in [-0.3, -0.25) is 28.8 Å². The molecule has 0 radical (unpaired) electrons. The van der Waals surface area contributed by atoms with Gasteiger partial charge in [0.1, 0.15) is 17.9 Å². The fourth-order valence-corrected chi connectivity index (χ4v) is 4.82. The number of rotatable bonds is 8. The molecule has 4 amide bonds. The summed E-state index contributed by atoms with van der Waals surface area (Å²) >= 11 is 0. The summed E-state index contributed by atoms with van der Waals surface area (Å²) in [6.07, 6.45) is 3.76. The average molecular weight is 479 g/mol. The van der Waals surface area contributed by atoms with E-state index in [0.717, 1.165) is 29.1 Å². The number of hydrogen-bond acceptors (Lipinski definition) is 7. The van der Waals surface area contributed by atoms with E-state index in [1.807, 2.05) is 13.8 Å². The quantitative estimate of drug-likeness (QED) is 0.512. The molecule has 1 aliphatic carbocycles. The summed E-state index contributed by atoms with van der Waals surface area (Å²) in [6, 6.07) is -0.543. The number of nitrogens with zero attached hydrogens (tertiary/aromatic N) is 4. The van der Waals surface area contributed by atoms with Gasteiger partial charge in [0.25, 0.3) is 11.5 Å². The molecule has 0 bridgehead atoms. The largest absolute Gasteiger partial charge is 0.383 e. The number of carbonyl (C=O) groups excluding carboxylic acids is 3. The van der Waals surface area contributed by atoms with E-state index in [9.17, 15) is 24.0 Å². The molecule has 2 aliphatic rings. The van der Waals surface area contributed by atoms with E-state index in [0.29, 0.717) is 12.8 Å². The number of H-pyrrole nitrogens is 1. The first kappa shape index (κ1) is 25.5. The minimum atomic E-state index is -0.923. The Balaban J connectivity index is 1.96. The third-order valence-electron chi connectivity index (χ3n) is 6.63. The Kier molecular flexibility index (Phi) is 7.49. The Morgan fingerprint density at radius 3 is 2.41 bits per heavy atom. The summed E-state index contributed by atoms with van der Waals surface area (Å²) in [6.45, 7) is 3.46. The zero-order valence-electron chi connectivity index (χ0n) is 20.3. The molecule has 0 aromatic carbocycles. The molecule has 188 valence electrons. The number of nitrogen functional groups attached to an aromatic ring is 1. The first-order valence-electron chi connectivity index (χ1n) is 11.6. The molecule has 1 spiro atoms. The van der Waals surface area contributed by atoms with Crippen LogP contribution in [0.3, 0.4) is 0 Å². The second-order valence-electron chi connectivity index (χ2n) is 9.36. The number of nitrogens with one attached hydrogen (secondary N) is 1. The number of imide groups is 1.